The summed E-state index contributed by atoms with van der Waals surface area (Å²) < 4.78 is 132. The molecule has 0 saturated carbocycles. The molecule has 9 nitrogen and oxygen atoms in total. The van der Waals surface area contributed by atoms with Crippen molar-refractivity contribution in [1.82, 2.24) is 24.3 Å². The molecular formula is C32H25F9N6O3. The van der Waals surface area contributed by atoms with Crippen molar-refractivity contribution in [1.29, 1.82) is 0 Å². The first-order chi connectivity index (χ1) is 23.4. The van der Waals surface area contributed by atoms with Crippen LogP contribution in [0.5, 0.6) is 5.75 Å². The standard InChI is InChI=1S/C32H25F9N6O3/c1-17(45-25-14-44-47(29(49)26(25)32(39,40)41)15-18-3-5-21(50-2)6-4-18)11-30(34,35)16-46-8-7-19-9-23(24(33)10-22(19)28(46)48)27-42-12-20(13-43-27)31(36,37)38/h3-10,12-14,17,45H,11,15-16H2,1-2H3/t17-/m0/s1. The molecule has 0 bridgehead atoms. The van der Waals surface area contributed by atoms with Crippen molar-refractivity contribution in [3.63, 3.8) is 0 Å². The van der Waals surface area contributed by atoms with E-state index in [1.165, 1.54) is 25.3 Å². The SMILES string of the molecule is COc1ccc(Cn2ncc(N[C@@H](C)CC(F)(F)Cn3ccc4cc(-c5ncc(C(F)(F)F)cn5)c(F)cc4c3=O)c(C(F)(F)F)c2=O)cc1. The molecule has 0 aliphatic rings. The van der Waals surface area contributed by atoms with E-state index in [4.69, 9.17) is 4.74 Å². The molecule has 0 aliphatic carbocycles. The molecule has 5 rings (SSSR count). The van der Waals surface area contributed by atoms with Crippen molar-refractivity contribution in [2.75, 3.05) is 12.4 Å². The van der Waals surface area contributed by atoms with Crippen molar-refractivity contribution in [2.24, 2.45) is 0 Å². The highest BCUT2D eigenvalue weighted by molar-refractivity contribution is 5.86. The topological polar surface area (TPSA) is 104 Å². The average Bonchev–Trinajstić information content (AvgIpc) is 3.03. The number of aromatic nitrogens is 5. The molecule has 3 heterocycles. The number of anilines is 1. The number of fused-ring (bicyclic) bond motifs is 1. The van der Waals surface area contributed by atoms with Gasteiger partial charge in [0.2, 0.25) is 0 Å². The van der Waals surface area contributed by atoms with Gasteiger partial charge in [-0.15, -0.1) is 0 Å². The van der Waals surface area contributed by atoms with Gasteiger partial charge in [0.15, 0.2) is 5.82 Å². The lowest BCUT2D eigenvalue weighted by molar-refractivity contribution is -0.139. The van der Waals surface area contributed by atoms with E-state index in [9.17, 15) is 40.3 Å². The summed E-state index contributed by atoms with van der Waals surface area (Å²) in [6.45, 7) is -0.401. The fourth-order valence-electron chi connectivity index (χ4n) is 5.18. The van der Waals surface area contributed by atoms with Gasteiger partial charge in [0.1, 0.15) is 17.1 Å². The number of nitrogens with zero attached hydrogens (tertiary/aromatic N) is 5. The van der Waals surface area contributed by atoms with E-state index in [2.05, 4.69) is 20.4 Å². The highest BCUT2D eigenvalue weighted by Crippen LogP contribution is 2.34. The van der Waals surface area contributed by atoms with Crippen molar-refractivity contribution >= 4 is 16.5 Å². The lowest BCUT2D eigenvalue weighted by Gasteiger charge is -2.24. The summed E-state index contributed by atoms with van der Waals surface area (Å²) >= 11 is 0. The Labute approximate surface area is 276 Å². The molecule has 50 heavy (non-hydrogen) atoms. The second-order valence-corrected chi connectivity index (χ2v) is 11.3. The Morgan fingerprint density at radius 2 is 1.54 bits per heavy atom. The Hall–Kier alpha value is -5.42. The van der Waals surface area contributed by atoms with E-state index in [-0.39, 0.29) is 22.9 Å². The molecular weight excluding hydrogens is 687 g/mol. The number of nitrogens with one attached hydrogen (secondary N) is 1. The maximum Gasteiger partial charge on any atom is 0.423 e. The molecule has 1 atom stereocenters. The first-order valence-electron chi connectivity index (χ1n) is 14.5. The van der Waals surface area contributed by atoms with Gasteiger partial charge < -0.3 is 14.6 Å². The van der Waals surface area contributed by atoms with Crippen molar-refractivity contribution in [2.45, 2.75) is 50.8 Å². The number of methoxy groups -OCH3 is 1. The van der Waals surface area contributed by atoms with Gasteiger partial charge in [-0.2, -0.15) is 31.4 Å². The van der Waals surface area contributed by atoms with Gasteiger partial charge in [-0.3, -0.25) is 9.59 Å². The minimum absolute atomic E-state index is 0.0541. The zero-order valence-corrected chi connectivity index (χ0v) is 25.9. The van der Waals surface area contributed by atoms with Crippen molar-refractivity contribution < 1.29 is 44.3 Å². The highest BCUT2D eigenvalue weighted by Gasteiger charge is 2.40. The maximum atomic E-state index is 15.2. The van der Waals surface area contributed by atoms with E-state index >= 15 is 8.78 Å². The highest BCUT2D eigenvalue weighted by atomic mass is 19.4. The van der Waals surface area contributed by atoms with Crippen LogP contribution in [-0.4, -0.2) is 43.4 Å². The summed E-state index contributed by atoms with van der Waals surface area (Å²) in [4.78, 5) is 32.9. The van der Waals surface area contributed by atoms with Gasteiger partial charge in [0.05, 0.1) is 48.6 Å². The van der Waals surface area contributed by atoms with E-state index in [1.54, 1.807) is 12.1 Å². The van der Waals surface area contributed by atoms with Crippen LogP contribution in [0.1, 0.15) is 30.0 Å². The monoisotopic (exact) mass is 712 g/mol. The van der Waals surface area contributed by atoms with E-state index < -0.39 is 76.9 Å². The van der Waals surface area contributed by atoms with Gasteiger partial charge in [0.25, 0.3) is 17.0 Å². The minimum Gasteiger partial charge on any atom is -0.497 e. The number of hydrogen-bond acceptors (Lipinski definition) is 7. The van der Waals surface area contributed by atoms with Gasteiger partial charge in [0, 0.05) is 31.1 Å². The molecule has 1 N–H and O–H groups in total. The molecule has 0 aliphatic heterocycles. The number of ether oxygens (including phenoxy) is 1. The van der Waals surface area contributed by atoms with E-state index in [1.807, 2.05) is 0 Å². The van der Waals surface area contributed by atoms with Gasteiger partial charge in [-0.25, -0.2) is 27.8 Å². The average molecular weight is 713 g/mol. The number of benzene rings is 2. The lowest BCUT2D eigenvalue weighted by Crippen LogP contribution is -2.37. The third-order valence-electron chi connectivity index (χ3n) is 7.51. The molecule has 0 fully saturated rings. The first kappa shape index (κ1) is 35.9. The Bertz CT molecular complexity index is 2130. The van der Waals surface area contributed by atoms with Crippen LogP contribution in [0.15, 0.2) is 76.8 Å². The second-order valence-electron chi connectivity index (χ2n) is 11.3. The number of rotatable bonds is 10. The Morgan fingerprint density at radius 1 is 0.880 bits per heavy atom. The zero-order valence-electron chi connectivity index (χ0n) is 25.9. The number of alkyl halides is 8. The van der Waals surface area contributed by atoms with Crippen LogP contribution in [0.25, 0.3) is 22.2 Å². The van der Waals surface area contributed by atoms with Crippen LogP contribution in [0.3, 0.4) is 0 Å². The first-order valence-corrected chi connectivity index (χ1v) is 14.5. The quantitative estimate of drug-likeness (QED) is 0.159. The third kappa shape index (κ3) is 7.89. The molecule has 0 radical (unpaired) electrons. The second kappa shape index (κ2) is 13.5. The summed E-state index contributed by atoms with van der Waals surface area (Å²) in [7, 11) is 1.43. The van der Waals surface area contributed by atoms with Gasteiger partial charge >= 0.3 is 12.4 Å². The molecule has 0 spiro atoms. The predicted molar refractivity (Wildman–Crippen MR) is 162 cm³/mol. The van der Waals surface area contributed by atoms with Crippen LogP contribution >= 0.6 is 0 Å². The largest absolute Gasteiger partial charge is 0.497 e. The maximum absolute atomic E-state index is 15.2. The third-order valence-corrected chi connectivity index (χ3v) is 7.51. The molecule has 264 valence electrons. The molecule has 3 aromatic heterocycles. The fourth-order valence-corrected chi connectivity index (χ4v) is 5.18. The molecule has 0 amide bonds. The summed E-state index contributed by atoms with van der Waals surface area (Å²) in [6.07, 6.45) is -8.37. The molecule has 0 saturated heterocycles. The van der Waals surface area contributed by atoms with Crippen LogP contribution in [0, 0.1) is 5.82 Å². The Balaban J connectivity index is 1.33. The van der Waals surface area contributed by atoms with Crippen LogP contribution in [-0.2, 0) is 25.4 Å². The van der Waals surface area contributed by atoms with E-state index in [0.717, 1.165) is 31.5 Å². The van der Waals surface area contributed by atoms with Crippen molar-refractivity contribution in [3.8, 4) is 17.1 Å². The van der Waals surface area contributed by atoms with Gasteiger partial charge in [-0.1, -0.05) is 12.1 Å². The van der Waals surface area contributed by atoms with Crippen LogP contribution in [0.4, 0.5) is 45.2 Å². The Kier molecular flexibility index (Phi) is 9.67. The smallest absolute Gasteiger partial charge is 0.423 e. The van der Waals surface area contributed by atoms with Crippen LogP contribution in [0.2, 0.25) is 0 Å². The predicted octanol–water partition coefficient (Wildman–Crippen LogP) is 6.77. The minimum atomic E-state index is -5.17. The van der Waals surface area contributed by atoms with Crippen LogP contribution < -0.4 is 21.2 Å². The number of pyridine rings is 1. The molecule has 0 unspecified atom stereocenters. The summed E-state index contributed by atoms with van der Waals surface area (Å²) in [6, 6.07) is 7.78. The summed E-state index contributed by atoms with van der Waals surface area (Å²) in [5, 5.41) is 5.80. The normalized spacial score (nSPS) is 13.0. The zero-order chi connectivity index (χ0) is 36.6. The molecule has 2 aromatic carbocycles. The van der Waals surface area contributed by atoms with Crippen molar-refractivity contribution in [3.05, 3.63) is 110 Å². The Morgan fingerprint density at radius 3 is 2.14 bits per heavy atom. The fraction of sp³-hybridized carbons (Fsp3) is 0.281. The number of hydrogen-bond donors (Lipinski definition) is 1. The molecule has 5 aromatic rings. The summed E-state index contributed by atoms with van der Waals surface area (Å²) in [5.41, 5.74) is -6.04. The summed E-state index contributed by atoms with van der Waals surface area (Å²) in [5.74, 6) is -4.73. The lowest BCUT2D eigenvalue weighted by atomic mass is 10.1. The van der Waals surface area contributed by atoms with Gasteiger partial charge in [-0.05, 0) is 48.2 Å². The number of halogens is 9. The molecule has 18 heteroatoms. The van der Waals surface area contributed by atoms with E-state index in [0.29, 0.717) is 33.0 Å².